The lowest BCUT2D eigenvalue weighted by molar-refractivity contribution is -0.118. The quantitative estimate of drug-likeness (QED) is 0.757. The van der Waals surface area contributed by atoms with Crippen molar-refractivity contribution in [3.63, 3.8) is 0 Å². The van der Waals surface area contributed by atoms with Gasteiger partial charge in [0.2, 0.25) is 5.91 Å². The van der Waals surface area contributed by atoms with Gasteiger partial charge < -0.3 is 15.8 Å². The number of anilines is 1. The first-order chi connectivity index (χ1) is 9.67. The highest BCUT2D eigenvalue weighted by atomic mass is 32.1. The van der Waals surface area contributed by atoms with Gasteiger partial charge in [-0.3, -0.25) is 4.79 Å². The summed E-state index contributed by atoms with van der Waals surface area (Å²) in [5, 5.41) is 20.3. The number of carbonyl (C=O) groups excluding carboxylic acids is 1. The fourth-order valence-electron chi connectivity index (χ4n) is 1.35. The molecule has 0 unspecified atom stereocenters. The zero-order chi connectivity index (χ0) is 14.8. The first-order valence-corrected chi connectivity index (χ1v) is 7.12. The molecule has 0 atom stereocenters. The molecule has 0 saturated carbocycles. The summed E-state index contributed by atoms with van der Waals surface area (Å²) >= 11 is 1.63. The van der Waals surface area contributed by atoms with Crippen LogP contribution in [0.2, 0.25) is 0 Å². The molecule has 2 aromatic rings. The molecule has 3 N–H and O–H groups in total. The molecule has 0 spiro atoms. The van der Waals surface area contributed by atoms with Gasteiger partial charge >= 0.3 is 0 Å². The second-order valence-electron chi connectivity index (χ2n) is 3.88. The summed E-state index contributed by atoms with van der Waals surface area (Å²) in [7, 11) is 0. The Labute approximate surface area is 122 Å². The molecule has 0 saturated heterocycles. The Morgan fingerprint density at radius 1 is 1.25 bits per heavy atom. The summed E-state index contributed by atoms with van der Waals surface area (Å²) in [5.74, 6) is -0.392. The number of benzene rings is 1. The molecule has 4 nitrogen and oxygen atoms in total. The van der Waals surface area contributed by atoms with Crippen LogP contribution in [0.15, 0.2) is 47.8 Å². The maximum Gasteiger partial charge on any atom is 0.250 e. The van der Waals surface area contributed by atoms with Crippen LogP contribution in [0.3, 0.4) is 0 Å². The van der Waals surface area contributed by atoms with E-state index in [0.717, 1.165) is 17.0 Å². The Hall–Kier alpha value is -1.98. The Morgan fingerprint density at radius 2 is 1.95 bits per heavy atom. The number of hydrogen-bond donors (Lipinski definition) is 3. The summed E-state index contributed by atoms with van der Waals surface area (Å²) in [4.78, 5) is 11.7. The van der Waals surface area contributed by atoms with Crippen molar-refractivity contribution in [2.45, 2.75) is 13.3 Å². The van der Waals surface area contributed by atoms with Gasteiger partial charge in [-0.1, -0.05) is 31.2 Å². The second kappa shape index (κ2) is 9.01. The average Bonchev–Trinajstić information content (AvgIpc) is 3.02. The molecule has 0 aliphatic heterocycles. The standard InChI is InChI=1S/C8H9NO2.C7H9NS/c10-6-8(11)9-7-4-2-1-3-5-7;1-2-6(8)7-4-3-5-9-7/h1-5,10H,6H2,(H,9,11);3-5,8H,2H2,1H3. The Bertz CT molecular complexity index is 524. The van der Waals surface area contributed by atoms with Gasteiger partial charge in [-0.25, -0.2) is 0 Å². The van der Waals surface area contributed by atoms with Crippen LogP contribution in [0.4, 0.5) is 5.69 Å². The number of hydrogen-bond acceptors (Lipinski definition) is 4. The third-order valence-electron chi connectivity index (χ3n) is 2.37. The molecule has 0 bridgehead atoms. The molecular formula is C15H18N2O2S. The average molecular weight is 290 g/mol. The molecule has 1 amide bonds. The maximum atomic E-state index is 10.6. The van der Waals surface area contributed by atoms with Crippen LogP contribution in [-0.2, 0) is 4.79 Å². The predicted molar refractivity (Wildman–Crippen MR) is 83.6 cm³/mol. The topological polar surface area (TPSA) is 73.2 Å². The van der Waals surface area contributed by atoms with Crippen LogP contribution >= 0.6 is 11.3 Å². The van der Waals surface area contributed by atoms with Crippen LogP contribution in [0.25, 0.3) is 0 Å². The van der Waals surface area contributed by atoms with Gasteiger partial charge in [0.15, 0.2) is 0 Å². The largest absolute Gasteiger partial charge is 0.387 e. The van der Waals surface area contributed by atoms with Crippen molar-refractivity contribution in [1.82, 2.24) is 0 Å². The van der Waals surface area contributed by atoms with Crippen molar-refractivity contribution in [3.05, 3.63) is 52.7 Å². The van der Waals surface area contributed by atoms with E-state index >= 15 is 0 Å². The van der Waals surface area contributed by atoms with E-state index < -0.39 is 12.5 Å². The van der Waals surface area contributed by atoms with Gasteiger partial charge in [-0.05, 0) is 30.0 Å². The molecule has 0 fully saturated rings. The van der Waals surface area contributed by atoms with Crippen molar-refractivity contribution >= 4 is 28.6 Å². The number of amides is 1. The molecule has 1 heterocycles. The molecule has 2 rings (SSSR count). The molecule has 106 valence electrons. The summed E-state index contributed by atoms with van der Waals surface area (Å²) in [6.45, 7) is 1.52. The Balaban J connectivity index is 0.000000204. The normalized spacial score (nSPS) is 9.30. The van der Waals surface area contributed by atoms with Crippen LogP contribution in [0.1, 0.15) is 18.2 Å². The summed E-state index contributed by atoms with van der Waals surface area (Å²) in [6.07, 6.45) is 0.834. The lowest BCUT2D eigenvalue weighted by Crippen LogP contribution is -2.15. The second-order valence-corrected chi connectivity index (χ2v) is 4.83. The van der Waals surface area contributed by atoms with E-state index in [-0.39, 0.29) is 0 Å². The van der Waals surface area contributed by atoms with Crippen LogP contribution in [-0.4, -0.2) is 23.3 Å². The fraction of sp³-hybridized carbons (Fsp3) is 0.200. The maximum absolute atomic E-state index is 10.6. The smallest absolute Gasteiger partial charge is 0.250 e. The van der Waals surface area contributed by atoms with E-state index in [1.807, 2.05) is 42.6 Å². The third kappa shape index (κ3) is 5.77. The van der Waals surface area contributed by atoms with Gasteiger partial charge in [-0.15, -0.1) is 11.3 Å². The van der Waals surface area contributed by atoms with Crippen LogP contribution in [0, 0.1) is 5.41 Å². The minimum Gasteiger partial charge on any atom is -0.387 e. The molecule has 0 radical (unpaired) electrons. The highest BCUT2D eigenvalue weighted by Gasteiger charge is 1.97. The Kier molecular flexibility index (Phi) is 7.24. The number of aliphatic hydroxyl groups is 1. The van der Waals surface area contributed by atoms with E-state index in [4.69, 9.17) is 10.5 Å². The summed E-state index contributed by atoms with van der Waals surface area (Å²) in [5.41, 5.74) is 1.44. The van der Waals surface area contributed by atoms with E-state index in [1.54, 1.807) is 23.5 Å². The van der Waals surface area contributed by atoms with E-state index in [9.17, 15) is 4.79 Å². The van der Waals surface area contributed by atoms with Crippen molar-refractivity contribution in [2.24, 2.45) is 0 Å². The first kappa shape index (κ1) is 16.1. The van der Waals surface area contributed by atoms with Crippen molar-refractivity contribution in [2.75, 3.05) is 11.9 Å². The number of nitrogens with one attached hydrogen (secondary N) is 2. The molecular weight excluding hydrogens is 272 g/mol. The molecule has 20 heavy (non-hydrogen) atoms. The van der Waals surface area contributed by atoms with E-state index in [2.05, 4.69) is 5.32 Å². The monoisotopic (exact) mass is 290 g/mol. The van der Waals surface area contributed by atoms with Gasteiger partial charge in [0, 0.05) is 16.3 Å². The zero-order valence-electron chi connectivity index (χ0n) is 11.3. The minimum absolute atomic E-state index is 0.392. The first-order valence-electron chi connectivity index (χ1n) is 6.24. The van der Waals surface area contributed by atoms with Gasteiger partial charge in [0.25, 0.3) is 0 Å². The van der Waals surface area contributed by atoms with Crippen LogP contribution in [0.5, 0.6) is 0 Å². The number of rotatable bonds is 4. The summed E-state index contributed by atoms with van der Waals surface area (Å²) < 4.78 is 0. The highest BCUT2D eigenvalue weighted by molar-refractivity contribution is 7.12. The number of thiophene rings is 1. The SMILES string of the molecule is CCC(=N)c1cccs1.O=C(CO)Nc1ccccc1. The molecule has 1 aromatic heterocycles. The van der Waals surface area contributed by atoms with E-state index in [0.29, 0.717) is 5.69 Å². The van der Waals surface area contributed by atoms with Gasteiger partial charge in [-0.2, -0.15) is 0 Å². The van der Waals surface area contributed by atoms with E-state index in [1.165, 1.54) is 0 Å². The zero-order valence-corrected chi connectivity index (χ0v) is 12.1. The predicted octanol–water partition coefficient (Wildman–Crippen LogP) is 3.14. The third-order valence-corrected chi connectivity index (χ3v) is 3.30. The van der Waals surface area contributed by atoms with Crippen LogP contribution < -0.4 is 5.32 Å². The lowest BCUT2D eigenvalue weighted by atomic mass is 10.2. The van der Waals surface area contributed by atoms with Gasteiger partial charge in [0.1, 0.15) is 6.61 Å². The highest BCUT2D eigenvalue weighted by Crippen LogP contribution is 2.10. The van der Waals surface area contributed by atoms with Crippen molar-refractivity contribution < 1.29 is 9.90 Å². The van der Waals surface area contributed by atoms with Crippen molar-refractivity contribution in [1.29, 1.82) is 5.41 Å². The summed E-state index contributed by atoms with van der Waals surface area (Å²) in [6, 6.07) is 13.0. The lowest BCUT2D eigenvalue weighted by Gasteiger charge is -2.00. The molecule has 1 aromatic carbocycles. The van der Waals surface area contributed by atoms with Gasteiger partial charge in [0.05, 0.1) is 0 Å². The molecule has 0 aliphatic rings. The molecule has 5 heteroatoms. The Morgan fingerprint density at radius 3 is 2.45 bits per heavy atom. The minimum atomic E-state index is -0.477. The number of aliphatic hydroxyl groups excluding tert-OH is 1. The molecule has 0 aliphatic carbocycles. The fourth-order valence-corrected chi connectivity index (χ4v) is 2.09. The number of carbonyl (C=O) groups is 1. The number of para-hydroxylation sites is 1. The van der Waals surface area contributed by atoms with Crippen molar-refractivity contribution in [3.8, 4) is 0 Å².